The number of carbonyl (C=O) groups is 1. The molecule has 5 heteroatoms. The Kier molecular flexibility index (Phi) is 6.73. The largest absolute Gasteiger partial charge is 0.484 e. The van der Waals surface area contributed by atoms with Crippen LogP contribution in [0.25, 0.3) is 11.3 Å². The smallest absolute Gasteiger partial charge is 0.262 e. The van der Waals surface area contributed by atoms with Crippen LogP contribution in [0.3, 0.4) is 0 Å². The van der Waals surface area contributed by atoms with Crippen molar-refractivity contribution in [2.45, 2.75) is 51.6 Å². The average molecular weight is 420 g/mol. The summed E-state index contributed by atoms with van der Waals surface area (Å²) < 4.78 is 11.3. The van der Waals surface area contributed by atoms with E-state index in [0.717, 1.165) is 11.1 Å². The monoisotopic (exact) mass is 419 g/mol. The molecule has 1 amide bonds. The van der Waals surface area contributed by atoms with Crippen LogP contribution in [0.5, 0.6) is 5.75 Å². The van der Waals surface area contributed by atoms with E-state index in [1.54, 1.807) is 6.07 Å². The Morgan fingerprint density at radius 1 is 1.06 bits per heavy atom. The Labute approximate surface area is 183 Å². The molecule has 1 aliphatic carbocycles. The molecule has 1 aliphatic rings. The fourth-order valence-electron chi connectivity index (χ4n) is 4.24. The predicted molar refractivity (Wildman–Crippen MR) is 121 cm³/mol. The first kappa shape index (κ1) is 21.2. The molecule has 1 saturated carbocycles. The van der Waals surface area contributed by atoms with E-state index >= 15 is 0 Å². The highest BCUT2D eigenvalue weighted by Crippen LogP contribution is 2.33. The Bertz CT molecular complexity index is 1020. The van der Waals surface area contributed by atoms with Gasteiger partial charge in [-0.15, -0.1) is 0 Å². The van der Waals surface area contributed by atoms with Gasteiger partial charge in [0.1, 0.15) is 23.9 Å². The minimum absolute atomic E-state index is 0.0401. The predicted octanol–water partition coefficient (Wildman–Crippen LogP) is 5.81. The van der Waals surface area contributed by atoms with Gasteiger partial charge in [-0.3, -0.25) is 4.79 Å². The van der Waals surface area contributed by atoms with Gasteiger partial charge >= 0.3 is 0 Å². The lowest BCUT2D eigenvalue weighted by atomic mass is 9.84. The average Bonchev–Trinajstić information content (AvgIpc) is 3.28. The molecular formula is C26H29NO4. The topological polar surface area (TPSA) is 71.7 Å². The lowest BCUT2D eigenvalue weighted by Gasteiger charge is -2.22. The van der Waals surface area contributed by atoms with Crippen molar-refractivity contribution in [3.05, 3.63) is 71.5 Å². The number of furan rings is 1. The fraction of sp³-hybridized carbons (Fsp3) is 0.346. The second kappa shape index (κ2) is 9.84. The maximum atomic E-state index is 12.3. The maximum absolute atomic E-state index is 12.3. The molecule has 3 aromatic rings. The first-order valence-corrected chi connectivity index (χ1v) is 11.0. The molecule has 31 heavy (non-hydrogen) atoms. The quantitative estimate of drug-likeness (QED) is 0.507. The molecule has 4 rings (SSSR count). The number of benzene rings is 2. The second-order valence-corrected chi connectivity index (χ2v) is 8.19. The van der Waals surface area contributed by atoms with Crippen molar-refractivity contribution in [2.24, 2.45) is 0 Å². The molecule has 0 spiro atoms. The molecule has 2 N–H and O–H groups in total. The van der Waals surface area contributed by atoms with Gasteiger partial charge in [-0.1, -0.05) is 31.4 Å². The molecule has 1 fully saturated rings. The van der Waals surface area contributed by atoms with E-state index in [4.69, 9.17) is 14.3 Å². The summed E-state index contributed by atoms with van der Waals surface area (Å²) in [7, 11) is 0. The summed E-state index contributed by atoms with van der Waals surface area (Å²) in [6, 6.07) is 17.4. The summed E-state index contributed by atoms with van der Waals surface area (Å²) in [6.07, 6.45) is 6.51. The summed E-state index contributed by atoms with van der Waals surface area (Å²) >= 11 is 0. The van der Waals surface area contributed by atoms with Crippen LogP contribution >= 0.6 is 0 Å². The normalized spacial score (nSPS) is 14.4. The standard InChI is InChI=1S/C26H29NO4/c1-18-15-21(9-13-24(18)25-14-12-23(16-28)31-25)27-26(29)17-30-22-10-7-20(8-11-22)19-5-3-2-4-6-19/h7-15,19,28H,2-6,16-17H2,1H3,(H,27,29). The highest BCUT2D eigenvalue weighted by atomic mass is 16.5. The highest BCUT2D eigenvalue weighted by molar-refractivity contribution is 5.92. The molecular weight excluding hydrogens is 390 g/mol. The van der Waals surface area contributed by atoms with Gasteiger partial charge in [0.05, 0.1) is 0 Å². The van der Waals surface area contributed by atoms with Gasteiger partial charge < -0.3 is 19.6 Å². The van der Waals surface area contributed by atoms with Gasteiger partial charge in [0.25, 0.3) is 5.91 Å². The third-order valence-corrected chi connectivity index (χ3v) is 5.92. The van der Waals surface area contributed by atoms with Crippen LogP contribution in [0.2, 0.25) is 0 Å². The minimum Gasteiger partial charge on any atom is -0.484 e. The number of anilines is 1. The fourth-order valence-corrected chi connectivity index (χ4v) is 4.24. The van der Waals surface area contributed by atoms with E-state index in [1.165, 1.54) is 37.7 Å². The van der Waals surface area contributed by atoms with Crippen molar-refractivity contribution in [2.75, 3.05) is 11.9 Å². The lowest BCUT2D eigenvalue weighted by Crippen LogP contribution is -2.20. The van der Waals surface area contributed by atoms with Crippen molar-refractivity contribution in [1.29, 1.82) is 0 Å². The van der Waals surface area contributed by atoms with Crippen molar-refractivity contribution in [3.63, 3.8) is 0 Å². The number of hydrogen-bond acceptors (Lipinski definition) is 4. The Hall–Kier alpha value is -3.05. The number of aliphatic hydroxyl groups is 1. The summed E-state index contributed by atoms with van der Waals surface area (Å²) in [5, 5.41) is 12.0. The van der Waals surface area contributed by atoms with E-state index < -0.39 is 0 Å². The zero-order chi connectivity index (χ0) is 21.6. The zero-order valence-corrected chi connectivity index (χ0v) is 17.9. The number of carbonyl (C=O) groups excluding carboxylic acids is 1. The number of ether oxygens (including phenoxy) is 1. The van der Waals surface area contributed by atoms with Gasteiger partial charge in [0.15, 0.2) is 6.61 Å². The van der Waals surface area contributed by atoms with Crippen LogP contribution in [0, 0.1) is 6.92 Å². The number of rotatable bonds is 7. The molecule has 0 atom stereocenters. The summed E-state index contributed by atoms with van der Waals surface area (Å²) in [4.78, 5) is 12.3. The number of nitrogens with one attached hydrogen (secondary N) is 1. The lowest BCUT2D eigenvalue weighted by molar-refractivity contribution is -0.118. The van der Waals surface area contributed by atoms with Crippen LogP contribution in [-0.2, 0) is 11.4 Å². The van der Waals surface area contributed by atoms with E-state index in [2.05, 4.69) is 17.4 Å². The Morgan fingerprint density at radius 3 is 2.52 bits per heavy atom. The van der Waals surface area contributed by atoms with Crippen molar-refractivity contribution < 1.29 is 19.1 Å². The molecule has 5 nitrogen and oxygen atoms in total. The number of aryl methyl sites for hydroxylation is 1. The summed E-state index contributed by atoms with van der Waals surface area (Å²) in [5.41, 5.74) is 3.97. The molecule has 0 aliphatic heterocycles. The van der Waals surface area contributed by atoms with Crippen LogP contribution in [0.1, 0.15) is 54.9 Å². The third-order valence-electron chi connectivity index (χ3n) is 5.92. The van der Waals surface area contributed by atoms with Gasteiger partial charge in [-0.2, -0.15) is 0 Å². The van der Waals surface area contributed by atoms with Gasteiger partial charge in [-0.05, 0) is 79.3 Å². The van der Waals surface area contributed by atoms with Gasteiger partial charge in [0.2, 0.25) is 0 Å². The van der Waals surface area contributed by atoms with Crippen LogP contribution in [0.15, 0.2) is 59.0 Å². The van der Waals surface area contributed by atoms with E-state index in [0.29, 0.717) is 28.9 Å². The summed E-state index contributed by atoms with van der Waals surface area (Å²) in [5.74, 6) is 2.38. The van der Waals surface area contributed by atoms with E-state index in [1.807, 2.05) is 43.3 Å². The SMILES string of the molecule is Cc1cc(NC(=O)COc2ccc(C3CCCCC3)cc2)ccc1-c1ccc(CO)o1. The van der Waals surface area contributed by atoms with Crippen molar-refractivity contribution in [1.82, 2.24) is 0 Å². The minimum atomic E-state index is -0.205. The Balaban J connectivity index is 1.31. The molecule has 0 radical (unpaired) electrons. The van der Waals surface area contributed by atoms with Crippen molar-refractivity contribution in [3.8, 4) is 17.1 Å². The molecule has 0 saturated heterocycles. The molecule has 2 aromatic carbocycles. The molecule has 0 bridgehead atoms. The zero-order valence-electron chi connectivity index (χ0n) is 17.9. The number of aliphatic hydroxyl groups excluding tert-OH is 1. The first-order valence-electron chi connectivity index (χ1n) is 11.0. The number of amides is 1. The van der Waals surface area contributed by atoms with Crippen molar-refractivity contribution >= 4 is 11.6 Å². The molecule has 1 aromatic heterocycles. The van der Waals surface area contributed by atoms with Gasteiger partial charge in [0, 0.05) is 11.3 Å². The molecule has 0 unspecified atom stereocenters. The number of hydrogen-bond donors (Lipinski definition) is 2. The van der Waals surface area contributed by atoms with Crippen LogP contribution < -0.4 is 10.1 Å². The van der Waals surface area contributed by atoms with E-state index in [9.17, 15) is 4.79 Å². The van der Waals surface area contributed by atoms with Crippen LogP contribution in [0.4, 0.5) is 5.69 Å². The van der Waals surface area contributed by atoms with Gasteiger partial charge in [-0.25, -0.2) is 0 Å². The van der Waals surface area contributed by atoms with E-state index in [-0.39, 0.29) is 19.1 Å². The summed E-state index contributed by atoms with van der Waals surface area (Å²) in [6.45, 7) is 1.79. The Morgan fingerprint density at radius 2 is 1.84 bits per heavy atom. The van der Waals surface area contributed by atoms with Crippen LogP contribution in [-0.4, -0.2) is 17.6 Å². The first-order chi connectivity index (χ1) is 15.1. The highest BCUT2D eigenvalue weighted by Gasteiger charge is 2.15. The maximum Gasteiger partial charge on any atom is 0.262 e. The third kappa shape index (κ3) is 5.36. The molecule has 162 valence electrons. The molecule has 1 heterocycles. The second-order valence-electron chi connectivity index (χ2n) is 8.19.